The van der Waals surface area contributed by atoms with Gasteiger partial charge in [0.2, 0.25) is 0 Å². The van der Waals surface area contributed by atoms with Crippen molar-refractivity contribution in [3.05, 3.63) is 215 Å². The molecule has 0 saturated heterocycles. The quantitative estimate of drug-likeness (QED) is 0.0860. The summed E-state index contributed by atoms with van der Waals surface area (Å²) in [4.78, 5) is 0. The van der Waals surface area contributed by atoms with E-state index in [4.69, 9.17) is 9.47 Å². The molecule has 0 spiro atoms. The van der Waals surface area contributed by atoms with Crippen LogP contribution in [-0.2, 0) is 20.7 Å². The average Bonchev–Trinajstić information content (AvgIpc) is 3.15. The van der Waals surface area contributed by atoms with Crippen LogP contribution >= 0.6 is 0 Å². The maximum Gasteiger partial charge on any atom is 0.143 e. The number of rotatable bonds is 15. The summed E-state index contributed by atoms with van der Waals surface area (Å²) < 4.78 is 14.0. The molecule has 0 aromatic heterocycles. The standard InChI is InChI=1S/C44H42O2/c1(21-35-45-43(37-23-9-3-10-24-37,38-25-11-4-12-26-38)39-27-13-5-14-28-39)2-22-36-46-44(40-29-15-6-16-30-40,41-31-17-7-18-32-41)42-33-19-8-20-34-42/h3-20,23-34H,1-2,21-22,35-36H2. The zero-order valence-electron chi connectivity index (χ0n) is 26.4. The third kappa shape index (κ3) is 6.74. The third-order valence-corrected chi connectivity index (χ3v) is 8.76. The molecule has 0 atom stereocenters. The number of hydrogen-bond donors (Lipinski definition) is 0. The first-order chi connectivity index (χ1) is 22.8. The predicted molar refractivity (Wildman–Crippen MR) is 189 cm³/mol. The Hall–Kier alpha value is -4.76. The maximum atomic E-state index is 6.99. The second-order valence-electron chi connectivity index (χ2n) is 11.7. The molecule has 46 heavy (non-hydrogen) atoms. The Morgan fingerprint density at radius 1 is 0.261 bits per heavy atom. The minimum atomic E-state index is -0.673. The van der Waals surface area contributed by atoms with Crippen LogP contribution in [0.3, 0.4) is 0 Å². The van der Waals surface area contributed by atoms with Crippen LogP contribution in [-0.4, -0.2) is 13.2 Å². The summed E-state index contributed by atoms with van der Waals surface area (Å²) in [6.07, 6.45) is 4.06. The maximum absolute atomic E-state index is 6.99. The van der Waals surface area contributed by atoms with Gasteiger partial charge in [-0.05, 0) is 46.2 Å². The van der Waals surface area contributed by atoms with Gasteiger partial charge in [-0.15, -0.1) is 0 Å². The van der Waals surface area contributed by atoms with Gasteiger partial charge in [-0.2, -0.15) is 0 Å². The van der Waals surface area contributed by atoms with E-state index in [1.54, 1.807) is 0 Å². The Kier molecular flexibility index (Phi) is 10.5. The topological polar surface area (TPSA) is 18.5 Å². The third-order valence-electron chi connectivity index (χ3n) is 8.76. The van der Waals surface area contributed by atoms with E-state index in [1.165, 1.54) is 0 Å². The lowest BCUT2D eigenvalue weighted by Gasteiger charge is -2.36. The number of ether oxygens (including phenoxy) is 2. The van der Waals surface area contributed by atoms with Crippen LogP contribution in [0.25, 0.3) is 0 Å². The van der Waals surface area contributed by atoms with Crippen LogP contribution in [0.2, 0.25) is 0 Å². The molecule has 0 saturated carbocycles. The molecule has 0 unspecified atom stereocenters. The molecule has 6 aromatic carbocycles. The lowest BCUT2D eigenvalue weighted by molar-refractivity contribution is 0.00541. The monoisotopic (exact) mass is 602 g/mol. The van der Waals surface area contributed by atoms with Crippen molar-refractivity contribution in [1.82, 2.24) is 0 Å². The van der Waals surface area contributed by atoms with Crippen molar-refractivity contribution in [1.29, 1.82) is 0 Å². The Balaban J connectivity index is 1.14. The Morgan fingerprint density at radius 3 is 0.652 bits per heavy atom. The Bertz CT molecular complexity index is 1380. The van der Waals surface area contributed by atoms with Gasteiger partial charge in [0.1, 0.15) is 11.2 Å². The van der Waals surface area contributed by atoms with Crippen LogP contribution in [0.1, 0.15) is 59.1 Å². The average molecular weight is 603 g/mol. The number of unbranched alkanes of at least 4 members (excludes halogenated alkanes) is 3. The Morgan fingerprint density at radius 2 is 0.457 bits per heavy atom. The van der Waals surface area contributed by atoms with Crippen molar-refractivity contribution >= 4 is 0 Å². The fourth-order valence-corrected chi connectivity index (χ4v) is 6.55. The zero-order valence-corrected chi connectivity index (χ0v) is 26.4. The van der Waals surface area contributed by atoms with Crippen molar-refractivity contribution in [3.8, 4) is 0 Å². The zero-order chi connectivity index (χ0) is 31.3. The normalized spacial score (nSPS) is 11.7. The second-order valence-corrected chi connectivity index (χ2v) is 11.7. The first kappa shape index (κ1) is 31.2. The summed E-state index contributed by atoms with van der Waals surface area (Å²) >= 11 is 0. The summed E-state index contributed by atoms with van der Waals surface area (Å²) in [5.41, 5.74) is 5.49. The molecule has 0 amide bonds. The van der Waals surface area contributed by atoms with Gasteiger partial charge in [-0.25, -0.2) is 0 Å². The minimum absolute atomic E-state index is 0.654. The van der Waals surface area contributed by atoms with Gasteiger partial charge < -0.3 is 9.47 Å². The lowest BCUT2D eigenvalue weighted by Crippen LogP contribution is -2.33. The van der Waals surface area contributed by atoms with Crippen LogP contribution in [0, 0.1) is 0 Å². The van der Waals surface area contributed by atoms with Crippen LogP contribution < -0.4 is 0 Å². The second kappa shape index (κ2) is 15.5. The van der Waals surface area contributed by atoms with Gasteiger partial charge >= 0.3 is 0 Å². The van der Waals surface area contributed by atoms with Gasteiger partial charge in [0.15, 0.2) is 0 Å². The molecule has 6 rings (SSSR count). The first-order valence-electron chi connectivity index (χ1n) is 16.4. The van der Waals surface area contributed by atoms with Crippen molar-refractivity contribution in [3.63, 3.8) is 0 Å². The molecule has 2 heteroatoms. The summed E-state index contributed by atoms with van der Waals surface area (Å²) in [5.74, 6) is 0. The molecular formula is C44H42O2. The predicted octanol–water partition coefficient (Wildman–Crippen LogP) is 10.6. The van der Waals surface area contributed by atoms with E-state index >= 15 is 0 Å². The summed E-state index contributed by atoms with van der Waals surface area (Å²) in [7, 11) is 0. The largest absolute Gasteiger partial charge is 0.361 e. The van der Waals surface area contributed by atoms with E-state index in [-0.39, 0.29) is 0 Å². The van der Waals surface area contributed by atoms with Crippen molar-refractivity contribution in [2.75, 3.05) is 13.2 Å². The van der Waals surface area contributed by atoms with E-state index in [9.17, 15) is 0 Å². The molecule has 0 N–H and O–H groups in total. The van der Waals surface area contributed by atoms with E-state index in [2.05, 4.69) is 182 Å². The molecule has 0 radical (unpaired) electrons. The molecule has 2 nitrogen and oxygen atoms in total. The summed E-state index contributed by atoms with van der Waals surface area (Å²) in [6, 6.07) is 63.7. The van der Waals surface area contributed by atoms with E-state index in [1.807, 2.05) is 0 Å². The van der Waals surface area contributed by atoms with Gasteiger partial charge in [-0.1, -0.05) is 195 Å². The summed E-state index contributed by atoms with van der Waals surface area (Å²) in [6.45, 7) is 1.31. The van der Waals surface area contributed by atoms with Gasteiger partial charge in [0.05, 0.1) is 0 Å². The minimum Gasteiger partial charge on any atom is -0.361 e. The summed E-state index contributed by atoms with van der Waals surface area (Å²) in [5, 5.41) is 0. The fraction of sp³-hybridized carbons (Fsp3) is 0.182. The van der Waals surface area contributed by atoms with E-state index in [0.717, 1.165) is 59.1 Å². The smallest absolute Gasteiger partial charge is 0.143 e. The molecule has 230 valence electrons. The van der Waals surface area contributed by atoms with Crippen LogP contribution in [0.15, 0.2) is 182 Å². The van der Waals surface area contributed by atoms with Crippen molar-refractivity contribution in [2.24, 2.45) is 0 Å². The lowest BCUT2D eigenvalue weighted by atomic mass is 9.80. The number of hydrogen-bond acceptors (Lipinski definition) is 2. The van der Waals surface area contributed by atoms with Gasteiger partial charge in [-0.3, -0.25) is 0 Å². The van der Waals surface area contributed by atoms with Gasteiger partial charge in [0.25, 0.3) is 0 Å². The molecule has 0 fully saturated rings. The molecule has 0 bridgehead atoms. The highest BCUT2D eigenvalue weighted by Crippen LogP contribution is 2.42. The van der Waals surface area contributed by atoms with Crippen LogP contribution in [0.5, 0.6) is 0 Å². The molecule has 6 aromatic rings. The highest BCUT2D eigenvalue weighted by Gasteiger charge is 2.38. The van der Waals surface area contributed by atoms with Crippen molar-refractivity contribution < 1.29 is 9.47 Å². The van der Waals surface area contributed by atoms with E-state index < -0.39 is 11.2 Å². The molecule has 0 aliphatic carbocycles. The SMILES string of the molecule is c1ccc(C(OCCCCCCOC(c2ccccc2)(c2ccccc2)c2ccccc2)(c2ccccc2)c2ccccc2)cc1. The first-order valence-corrected chi connectivity index (χ1v) is 16.4. The molecule has 0 heterocycles. The van der Waals surface area contributed by atoms with Crippen LogP contribution in [0.4, 0.5) is 0 Å². The highest BCUT2D eigenvalue weighted by molar-refractivity contribution is 5.48. The molecular weight excluding hydrogens is 560 g/mol. The van der Waals surface area contributed by atoms with E-state index in [0.29, 0.717) is 13.2 Å². The van der Waals surface area contributed by atoms with Crippen molar-refractivity contribution in [2.45, 2.75) is 36.9 Å². The number of benzene rings is 6. The molecule has 0 aliphatic heterocycles. The Labute approximate surface area is 274 Å². The molecule has 0 aliphatic rings. The van der Waals surface area contributed by atoms with Gasteiger partial charge in [0, 0.05) is 13.2 Å². The highest BCUT2D eigenvalue weighted by atomic mass is 16.5. The fourth-order valence-electron chi connectivity index (χ4n) is 6.55.